The van der Waals surface area contributed by atoms with Gasteiger partial charge < -0.3 is 15.4 Å². The highest BCUT2D eigenvalue weighted by Crippen LogP contribution is 2.36. The number of ether oxygens (including phenoxy) is 1. The lowest BCUT2D eigenvalue weighted by Gasteiger charge is -2.39. The molecule has 0 bridgehead atoms. The molecule has 8 nitrogen and oxygen atoms in total. The van der Waals surface area contributed by atoms with E-state index >= 15 is 0 Å². The summed E-state index contributed by atoms with van der Waals surface area (Å²) in [6.45, 7) is 8.23. The minimum Gasteiger partial charge on any atom is -0.444 e. The van der Waals surface area contributed by atoms with Crippen LogP contribution in [0.1, 0.15) is 77.7 Å². The molecule has 4 rings (SSSR count). The van der Waals surface area contributed by atoms with Gasteiger partial charge in [0.25, 0.3) is 5.91 Å². The van der Waals surface area contributed by atoms with Crippen LogP contribution in [0.4, 0.5) is 4.79 Å². The molecule has 1 aromatic carbocycles. The number of carbonyl (C=O) groups excluding carboxylic acids is 3. The van der Waals surface area contributed by atoms with Gasteiger partial charge in [-0.15, -0.1) is 23.5 Å². The summed E-state index contributed by atoms with van der Waals surface area (Å²) in [6, 6.07) is 9.90. The molecule has 2 atom stereocenters. The molecule has 3 amide bonds. The van der Waals surface area contributed by atoms with Crippen LogP contribution in [-0.4, -0.2) is 81.2 Å². The van der Waals surface area contributed by atoms with Gasteiger partial charge >= 0.3 is 6.09 Å². The number of benzene rings is 1. The van der Waals surface area contributed by atoms with Crippen LogP contribution in [0.5, 0.6) is 0 Å². The number of hydrogen-bond donors (Lipinski definition) is 2. The van der Waals surface area contributed by atoms with Gasteiger partial charge in [0.15, 0.2) is 4.87 Å². The first kappa shape index (κ1) is 32.0. The highest BCUT2D eigenvalue weighted by Gasteiger charge is 2.46. The minimum atomic E-state index is -1.08. The number of thioether (sulfide) groups is 2. The van der Waals surface area contributed by atoms with E-state index in [2.05, 4.69) is 39.8 Å². The fraction of sp³-hybridized carbons (Fsp3) is 0.710. The fourth-order valence-corrected chi connectivity index (χ4v) is 8.04. The third kappa shape index (κ3) is 9.04. The van der Waals surface area contributed by atoms with E-state index < -0.39 is 22.6 Å². The van der Waals surface area contributed by atoms with Crippen molar-refractivity contribution in [3.8, 4) is 0 Å². The highest BCUT2D eigenvalue weighted by atomic mass is 32.2. The van der Waals surface area contributed by atoms with Gasteiger partial charge in [0.2, 0.25) is 5.91 Å². The molecule has 1 aliphatic carbocycles. The van der Waals surface area contributed by atoms with Crippen molar-refractivity contribution in [2.45, 2.75) is 101 Å². The van der Waals surface area contributed by atoms with E-state index in [0.717, 1.165) is 58.2 Å². The van der Waals surface area contributed by atoms with E-state index in [1.807, 2.05) is 33.1 Å². The molecule has 2 N–H and O–H groups in total. The van der Waals surface area contributed by atoms with E-state index in [-0.39, 0.29) is 17.9 Å². The second-order valence-electron chi connectivity index (χ2n) is 12.7. The van der Waals surface area contributed by atoms with Crippen molar-refractivity contribution in [1.82, 2.24) is 20.4 Å². The number of piperidine rings is 1. The molecule has 10 heteroatoms. The number of carbonyl (C=O) groups is 3. The van der Waals surface area contributed by atoms with Crippen molar-refractivity contribution in [3.63, 3.8) is 0 Å². The Balaban J connectivity index is 1.43. The SMILES string of the molecule is CS[C@@](CC1CCCCC1)(NC(=O)[C@@H]1CSCN1C(=O)OC(C)(C)C)C(=O)NC1CCN(Cc2ccccc2)CC1. The van der Waals surface area contributed by atoms with E-state index in [1.54, 1.807) is 0 Å². The van der Waals surface area contributed by atoms with E-state index in [0.29, 0.717) is 24.0 Å². The van der Waals surface area contributed by atoms with Crippen LogP contribution in [-0.2, 0) is 20.9 Å². The number of hydrogen-bond acceptors (Lipinski definition) is 7. The second kappa shape index (κ2) is 14.5. The smallest absolute Gasteiger partial charge is 0.411 e. The van der Waals surface area contributed by atoms with Crippen LogP contribution in [0.2, 0.25) is 0 Å². The minimum absolute atomic E-state index is 0.0737. The largest absolute Gasteiger partial charge is 0.444 e. The van der Waals surface area contributed by atoms with Crippen molar-refractivity contribution in [2.24, 2.45) is 5.92 Å². The molecule has 0 radical (unpaired) electrons. The van der Waals surface area contributed by atoms with Crippen LogP contribution in [0.15, 0.2) is 30.3 Å². The first-order valence-corrected chi connectivity index (χ1v) is 17.5. The first-order chi connectivity index (χ1) is 19.6. The Labute approximate surface area is 254 Å². The van der Waals surface area contributed by atoms with Gasteiger partial charge in [-0.1, -0.05) is 62.4 Å². The van der Waals surface area contributed by atoms with Gasteiger partial charge in [-0.2, -0.15) is 0 Å². The molecule has 3 aliphatic rings. The average Bonchev–Trinajstić information content (AvgIpc) is 3.45. The Morgan fingerprint density at radius 3 is 2.34 bits per heavy atom. The predicted molar refractivity (Wildman–Crippen MR) is 168 cm³/mol. The van der Waals surface area contributed by atoms with Crippen molar-refractivity contribution in [1.29, 1.82) is 0 Å². The summed E-state index contributed by atoms with van der Waals surface area (Å²) < 4.78 is 5.58. The predicted octanol–water partition coefficient (Wildman–Crippen LogP) is 5.22. The zero-order chi connectivity index (χ0) is 29.5. The van der Waals surface area contributed by atoms with Crippen LogP contribution in [0.3, 0.4) is 0 Å². The number of rotatable bonds is 9. The third-order valence-corrected chi connectivity index (χ3v) is 10.5. The molecule has 41 heavy (non-hydrogen) atoms. The Hall–Kier alpha value is -1.91. The maximum absolute atomic E-state index is 14.1. The average molecular weight is 605 g/mol. The normalized spacial score (nSPS) is 22.6. The summed E-state index contributed by atoms with van der Waals surface area (Å²) in [4.78, 5) is 43.6. The first-order valence-electron chi connectivity index (χ1n) is 15.1. The lowest BCUT2D eigenvalue weighted by atomic mass is 9.84. The van der Waals surface area contributed by atoms with Crippen LogP contribution >= 0.6 is 23.5 Å². The Bertz CT molecular complexity index is 1020. The summed E-state index contributed by atoms with van der Waals surface area (Å²) in [6.07, 6.45) is 9.50. The Morgan fingerprint density at radius 2 is 1.71 bits per heavy atom. The molecule has 0 spiro atoms. The highest BCUT2D eigenvalue weighted by molar-refractivity contribution is 8.00. The zero-order valence-electron chi connectivity index (χ0n) is 25.2. The summed E-state index contributed by atoms with van der Waals surface area (Å²) in [5.74, 6) is 0.879. The Morgan fingerprint density at radius 1 is 1.02 bits per heavy atom. The summed E-state index contributed by atoms with van der Waals surface area (Å²) in [5, 5.41) is 6.52. The molecule has 228 valence electrons. The maximum Gasteiger partial charge on any atom is 0.411 e. The van der Waals surface area contributed by atoms with Gasteiger partial charge in [-0.25, -0.2) is 4.79 Å². The molecular weight excluding hydrogens is 556 g/mol. The molecule has 3 fully saturated rings. The van der Waals surface area contributed by atoms with E-state index in [9.17, 15) is 14.4 Å². The van der Waals surface area contributed by atoms with Crippen molar-refractivity contribution in [3.05, 3.63) is 35.9 Å². The second-order valence-corrected chi connectivity index (χ2v) is 14.8. The monoisotopic (exact) mass is 604 g/mol. The molecule has 0 aromatic heterocycles. The van der Waals surface area contributed by atoms with Crippen molar-refractivity contribution >= 4 is 41.4 Å². The van der Waals surface area contributed by atoms with Gasteiger partial charge in [0, 0.05) is 31.4 Å². The lowest BCUT2D eigenvalue weighted by Crippen LogP contribution is -2.62. The molecule has 2 saturated heterocycles. The van der Waals surface area contributed by atoms with Crippen molar-refractivity contribution in [2.75, 3.05) is 31.0 Å². The quantitative estimate of drug-likeness (QED) is 0.374. The van der Waals surface area contributed by atoms with Gasteiger partial charge in [0.1, 0.15) is 11.6 Å². The summed E-state index contributed by atoms with van der Waals surface area (Å²) >= 11 is 2.95. The molecular formula is C31H48N4O4S2. The van der Waals surface area contributed by atoms with Gasteiger partial charge in [-0.05, 0) is 57.8 Å². The zero-order valence-corrected chi connectivity index (χ0v) is 26.8. The topological polar surface area (TPSA) is 91.0 Å². The van der Waals surface area contributed by atoms with Gasteiger partial charge in [0.05, 0.1) is 5.88 Å². The van der Waals surface area contributed by atoms with Crippen LogP contribution < -0.4 is 10.6 Å². The molecule has 2 heterocycles. The van der Waals surface area contributed by atoms with E-state index in [4.69, 9.17) is 4.74 Å². The van der Waals surface area contributed by atoms with Crippen molar-refractivity contribution < 1.29 is 19.1 Å². The molecule has 1 saturated carbocycles. The van der Waals surface area contributed by atoms with Crippen LogP contribution in [0, 0.1) is 5.92 Å². The van der Waals surface area contributed by atoms with Gasteiger partial charge in [-0.3, -0.25) is 19.4 Å². The number of amides is 3. The summed E-state index contributed by atoms with van der Waals surface area (Å²) in [5.41, 5.74) is 0.656. The number of nitrogens with zero attached hydrogens (tertiary/aromatic N) is 2. The molecule has 1 aromatic rings. The molecule has 2 aliphatic heterocycles. The summed E-state index contributed by atoms with van der Waals surface area (Å²) in [7, 11) is 0. The third-order valence-electron chi connectivity index (χ3n) is 8.33. The Kier molecular flexibility index (Phi) is 11.3. The standard InChI is InChI=1S/C31H48N4O4S2/c1-30(2,3)39-29(38)35-22-41-21-26(35)27(36)33-31(40-4,19-23-11-7-5-8-12-23)28(37)32-25-15-17-34(18-16-25)20-24-13-9-6-10-14-24/h6,9-10,13-14,23,25-26H,5,7-8,11-12,15-22H2,1-4H3,(H,32,37)(H,33,36)/t26-,31+/m0/s1. The van der Waals surface area contributed by atoms with Crippen LogP contribution in [0.25, 0.3) is 0 Å². The number of nitrogens with one attached hydrogen (secondary N) is 2. The van der Waals surface area contributed by atoms with E-state index in [1.165, 1.54) is 40.4 Å². The lowest BCUT2D eigenvalue weighted by molar-refractivity contribution is -0.133. The number of likely N-dealkylation sites (tertiary alicyclic amines) is 1. The molecule has 0 unspecified atom stereocenters. The maximum atomic E-state index is 14.1. The fourth-order valence-electron chi connectivity index (χ4n) is 6.05.